The van der Waals surface area contributed by atoms with E-state index in [1.807, 2.05) is 29.8 Å². The van der Waals surface area contributed by atoms with E-state index in [9.17, 15) is 23.1 Å². The van der Waals surface area contributed by atoms with E-state index in [1.54, 1.807) is 24.3 Å². The lowest BCUT2D eigenvalue weighted by molar-refractivity contribution is -0.139. The molecule has 1 aliphatic carbocycles. The van der Waals surface area contributed by atoms with Gasteiger partial charge in [0.1, 0.15) is 5.75 Å². The lowest BCUT2D eigenvalue weighted by atomic mass is 9.81. The van der Waals surface area contributed by atoms with Crippen molar-refractivity contribution in [1.29, 1.82) is 0 Å². The summed E-state index contributed by atoms with van der Waals surface area (Å²) in [6.07, 6.45) is 6.77. The number of rotatable bonds is 12. The highest BCUT2D eigenvalue weighted by Crippen LogP contribution is 2.45. The average Bonchev–Trinajstić information content (AvgIpc) is 3.23. The Bertz CT molecular complexity index is 1480. The normalized spacial score (nSPS) is 14.5. The fourth-order valence-corrected chi connectivity index (χ4v) is 6.40. The fraction of sp³-hybridized carbons (Fsp3) is 0.448. The second kappa shape index (κ2) is 12.8. The number of hydrogen-bond acceptors (Lipinski definition) is 6. The number of carbonyl (C=O) groups is 2. The number of amides is 1. The molecule has 3 aromatic rings. The van der Waals surface area contributed by atoms with Crippen LogP contribution < -0.4 is 15.2 Å². The molecule has 4 N–H and O–H groups in total. The number of carbonyl (C=O) groups excluding carboxylic acids is 1. The Hall–Kier alpha value is -3.41. The number of carboxylic acid groups (broad SMARTS) is 1. The van der Waals surface area contributed by atoms with E-state index in [0.717, 1.165) is 57.7 Å². The lowest BCUT2D eigenvalue weighted by Crippen LogP contribution is -2.41. The van der Waals surface area contributed by atoms with Gasteiger partial charge in [-0.2, -0.15) is 12.7 Å². The van der Waals surface area contributed by atoms with E-state index >= 15 is 0 Å². The Morgan fingerprint density at radius 3 is 2.55 bits per heavy atom. The van der Waals surface area contributed by atoms with Gasteiger partial charge >= 0.3 is 16.2 Å². The van der Waals surface area contributed by atoms with Crippen LogP contribution in [-0.2, 0) is 22.1 Å². The van der Waals surface area contributed by atoms with Crippen LogP contribution in [0.3, 0.4) is 0 Å². The molecule has 2 aromatic carbocycles. The summed E-state index contributed by atoms with van der Waals surface area (Å²) >= 11 is 0. The lowest BCUT2D eigenvalue weighted by Gasteiger charge is -2.24. The Morgan fingerprint density at radius 2 is 1.85 bits per heavy atom. The quantitative estimate of drug-likeness (QED) is 0.279. The number of fused-ring (bicyclic) bond motifs is 1. The number of aromatic nitrogens is 1. The third kappa shape index (κ3) is 6.48. The van der Waals surface area contributed by atoms with Gasteiger partial charge in [0, 0.05) is 42.7 Å². The van der Waals surface area contributed by atoms with Crippen molar-refractivity contribution in [2.75, 3.05) is 26.7 Å². The molecule has 0 atom stereocenters. The molecule has 1 aliphatic rings. The average molecular weight is 571 g/mol. The third-order valence-corrected chi connectivity index (χ3v) is 9.01. The van der Waals surface area contributed by atoms with Crippen molar-refractivity contribution in [2.24, 2.45) is 12.8 Å². The maximum Gasteiger partial charge on any atom is 0.341 e. The van der Waals surface area contributed by atoms with Gasteiger partial charge in [-0.3, -0.25) is 4.79 Å². The largest absolute Gasteiger partial charge is 0.481 e. The zero-order chi connectivity index (χ0) is 28.9. The number of nitrogens with zero attached hydrogens (tertiary/aromatic N) is 2. The number of nitrogens with two attached hydrogens (primary N) is 1. The number of nitrogens with one attached hydrogen (secondary N) is 1. The van der Waals surface area contributed by atoms with Crippen molar-refractivity contribution in [3.63, 3.8) is 0 Å². The van der Waals surface area contributed by atoms with Gasteiger partial charge in [-0.25, -0.2) is 9.52 Å². The SMILES string of the molecule is CN(CCCCN)S(=O)(=O)NC(=O)c1ccc2c(C3CCCCC3)c(-c3ccccc3OCC(=O)O)n(C)c2c1. The van der Waals surface area contributed by atoms with Crippen molar-refractivity contribution < 1.29 is 27.9 Å². The van der Waals surface area contributed by atoms with Crippen molar-refractivity contribution >= 4 is 33.0 Å². The molecule has 4 rings (SSSR count). The second-order valence-corrected chi connectivity index (χ2v) is 12.1. The van der Waals surface area contributed by atoms with Crippen molar-refractivity contribution in [2.45, 2.75) is 50.9 Å². The third-order valence-electron chi connectivity index (χ3n) is 7.57. The fourth-order valence-electron chi connectivity index (χ4n) is 5.52. The molecule has 1 amide bonds. The second-order valence-electron chi connectivity index (χ2n) is 10.3. The van der Waals surface area contributed by atoms with E-state index in [4.69, 9.17) is 10.5 Å². The minimum Gasteiger partial charge on any atom is -0.481 e. The molecule has 0 spiro atoms. The standard InChI is InChI=1S/C29H38N4O6S/c1-32(17-9-8-16-30)40(37,38)31-29(36)21-14-15-22-24(18-21)33(2)28(27(22)20-10-4-3-5-11-20)23-12-6-7-13-25(23)39-19-26(34)35/h6-7,12-15,18,20H,3-5,8-11,16-17,19,30H2,1-2H3,(H,31,36)(H,34,35). The van der Waals surface area contributed by atoms with E-state index in [-0.39, 0.29) is 12.1 Å². The number of unbranched alkanes of at least 4 members (excludes halogenated alkanes) is 1. The highest BCUT2D eigenvalue weighted by molar-refractivity contribution is 7.87. The Labute approximate surface area is 235 Å². The summed E-state index contributed by atoms with van der Waals surface area (Å²) in [5.74, 6) is -1.01. The van der Waals surface area contributed by atoms with Crippen LogP contribution in [0.15, 0.2) is 42.5 Å². The van der Waals surface area contributed by atoms with Gasteiger partial charge < -0.3 is 20.1 Å². The molecule has 10 nitrogen and oxygen atoms in total. The number of benzene rings is 2. The number of ether oxygens (including phenoxy) is 1. The number of aliphatic carboxylic acids is 1. The van der Waals surface area contributed by atoms with E-state index in [1.165, 1.54) is 13.5 Å². The van der Waals surface area contributed by atoms with Crippen LogP contribution in [0.5, 0.6) is 5.75 Å². The molecule has 1 aromatic heterocycles. The first kappa shape index (κ1) is 29.6. The summed E-state index contributed by atoms with van der Waals surface area (Å²) in [7, 11) is -0.678. The number of aryl methyl sites for hydroxylation is 1. The summed E-state index contributed by atoms with van der Waals surface area (Å²) in [6.45, 7) is 0.269. The molecule has 1 saturated carbocycles. The first-order valence-electron chi connectivity index (χ1n) is 13.7. The van der Waals surface area contributed by atoms with Gasteiger partial charge in [0.15, 0.2) is 6.61 Å². The van der Waals surface area contributed by atoms with Gasteiger partial charge in [0.05, 0.1) is 5.69 Å². The molecule has 0 radical (unpaired) electrons. The van der Waals surface area contributed by atoms with Crippen LogP contribution >= 0.6 is 0 Å². The summed E-state index contributed by atoms with van der Waals surface area (Å²) in [6, 6.07) is 12.6. The van der Waals surface area contributed by atoms with E-state index < -0.39 is 28.7 Å². The first-order chi connectivity index (χ1) is 19.1. The molecule has 0 unspecified atom stereocenters. The van der Waals surface area contributed by atoms with Gasteiger partial charge in [-0.05, 0) is 68.0 Å². The molecule has 1 fully saturated rings. The summed E-state index contributed by atoms with van der Waals surface area (Å²) < 4.78 is 36.4. The molecule has 40 heavy (non-hydrogen) atoms. The molecule has 0 saturated heterocycles. The maximum absolute atomic E-state index is 13.1. The first-order valence-corrected chi connectivity index (χ1v) is 15.1. The molecule has 0 bridgehead atoms. The van der Waals surface area contributed by atoms with Gasteiger partial charge in [0.2, 0.25) is 0 Å². The van der Waals surface area contributed by atoms with Crippen LogP contribution in [0.1, 0.15) is 66.8 Å². The maximum atomic E-state index is 13.1. The summed E-state index contributed by atoms with van der Waals surface area (Å²) in [4.78, 5) is 24.3. The highest BCUT2D eigenvalue weighted by atomic mass is 32.2. The van der Waals surface area contributed by atoms with Crippen LogP contribution in [-0.4, -0.2) is 61.0 Å². The number of para-hydroxylation sites is 1. The van der Waals surface area contributed by atoms with E-state index in [0.29, 0.717) is 31.1 Å². The van der Waals surface area contributed by atoms with Gasteiger partial charge in [0.25, 0.3) is 5.91 Å². The molecule has 11 heteroatoms. The summed E-state index contributed by atoms with van der Waals surface area (Å²) in [5.41, 5.74) is 9.33. The van der Waals surface area contributed by atoms with Crippen molar-refractivity contribution in [3.8, 4) is 17.0 Å². The van der Waals surface area contributed by atoms with E-state index in [2.05, 4.69) is 4.72 Å². The Morgan fingerprint density at radius 1 is 1.12 bits per heavy atom. The van der Waals surface area contributed by atoms with Crippen molar-refractivity contribution in [1.82, 2.24) is 13.6 Å². The molecule has 216 valence electrons. The van der Waals surface area contributed by atoms with Crippen LogP contribution in [0.4, 0.5) is 0 Å². The van der Waals surface area contributed by atoms with Gasteiger partial charge in [-0.1, -0.05) is 37.5 Å². The molecule has 1 heterocycles. The van der Waals surface area contributed by atoms with Crippen LogP contribution in [0, 0.1) is 0 Å². The molecular formula is C29H38N4O6S. The monoisotopic (exact) mass is 570 g/mol. The Balaban J connectivity index is 1.76. The highest BCUT2D eigenvalue weighted by Gasteiger charge is 2.28. The smallest absolute Gasteiger partial charge is 0.341 e. The minimum absolute atomic E-state index is 0.226. The van der Waals surface area contributed by atoms with Crippen LogP contribution in [0.25, 0.3) is 22.2 Å². The number of carboxylic acids is 1. The zero-order valence-electron chi connectivity index (χ0n) is 23.1. The minimum atomic E-state index is -4.01. The van der Waals surface area contributed by atoms with Gasteiger partial charge in [-0.15, -0.1) is 0 Å². The Kier molecular flexibility index (Phi) is 9.49. The summed E-state index contributed by atoms with van der Waals surface area (Å²) in [5, 5.41) is 10.2. The number of hydrogen-bond donors (Lipinski definition) is 3. The zero-order valence-corrected chi connectivity index (χ0v) is 23.9. The molecule has 0 aliphatic heterocycles. The topological polar surface area (TPSA) is 144 Å². The predicted octanol–water partition coefficient (Wildman–Crippen LogP) is 4.00. The van der Waals surface area contributed by atoms with Crippen LogP contribution in [0.2, 0.25) is 0 Å². The predicted molar refractivity (Wildman–Crippen MR) is 155 cm³/mol. The van der Waals surface area contributed by atoms with Crippen molar-refractivity contribution in [3.05, 3.63) is 53.6 Å². The molecular weight excluding hydrogens is 532 g/mol.